The highest BCUT2D eigenvalue weighted by Crippen LogP contribution is 2.49. The molecule has 2 unspecified atom stereocenters. The zero-order chi connectivity index (χ0) is 25.2. The van der Waals surface area contributed by atoms with Crippen molar-refractivity contribution < 1.29 is 19.7 Å². The zero-order valence-corrected chi connectivity index (χ0v) is 21.2. The van der Waals surface area contributed by atoms with Crippen LogP contribution in [-0.4, -0.2) is 22.9 Å². The van der Waals surface area contributed by atoms with Gasteiger partial charge in [0.2, 0.25) is 0 Å². The molecule has 184 valence electrons. The summed E-state index contributed by atoms with van der Waals surface area (Å²) in [6, 6.07) is 7.45. The Morgan fingerprint density at radius 3 is 2.57 bits per heavy atom. The molecule has 1 heterocycles. The summed E-state index contributed by atoms with van der Waals surface area (Å²) < 4.78 is 12.0. The van der Waals surface area contributed by atoms with E-state index in [0.29, 0.717) is 29.4 Å². The summed E-state index contributed by atoms with van der Waals surface area (Å²) in [5.74, 6) is 4.50. The van der Waals surface area contributed by atoms with Crippen LogP contribution in [0.25, 0.3) is 12.2 Å². The van der Waals surface area contributed by atoms with E-state index in [2.05, 4.69) is 25.8 Å². The second-order valence-corrected chi connectivity index (χ2v) is 10.7. The molecule has 1 aliphatic heterocycles. The molecule has 0 radical (unpaired) electrons. The SMILES string of the molecule is C#CCOc1cc(/C=C/c2cc(O)c3c(c2)CC2C(CCCC2(C)C)O3)cc(O)c1CC=C(C)C. The summed E-state index contributed by atoms with van der Waals surface area (Å²) in [4.78, 5) is 0. The maximum atomic E-state index is 10.7. The molecule has 2 aromatic rings. The number of aromatic hydroxyl groups is 2. The fourth-order valence-corrected chi connectivity index (χ4v) is 5.37. The van der Waals surface area contributed by atoms with E-state index in [1.165, 1.54) is 6.42 Å². The van der Waals surface area contributed by atoms with Crippen LogP contribution in [0.2, 0.25) is 0 Å². The molecule has 0 saturated heterocycles. The predicted molar refractivity (Wildman–Crippen MR) is 142 cm³/mol. The lowest BCUT2D eigenvalue weighted by Crippen LogP contribution is -2.45. The quantitative estimate of drug-likeness (QED) is 0.272. The highest BCUT2D eigenvalue weighted by atomic mass is 16.5. The number of phenolic OH excluding ortho intramolecular Hbond substituents is 2. The Bertz CT molecular complexity index is 1190. The van der Waals surface area contributed by atoms with Gasteiger partial charge in [0.15, 0.2) is 11.5 Å². The molecular formula is C31H36O4. The Morgan fingerprint density at radius 2 is 1.86 bits per heavy atom. The van der Waals surface area contributed by atoms with Gasteiger partial charge in [-0.1, -0.05) is 43.6 Å². The molecule has 35 heavy (non-hydrogen) atoms. The van der Waals surface area contributed by atoms with E-state index >= 15 is 0 Å². The summed E-state index contributed by atoms with van der Waals surface area (Å²) in [5.41, 5.74) is 4.83. The molecule has 0 amide bonds. The van der Waals surface area contributed by atoms with Crippen LogP contribution in [0, 0.1) is 23.7 Å². The van der Waals surface area contributed by atoms with Crippen molar-refractivity contribution in [1.29, 1.82) is 0 Å². The molecule has 2 N–H and O–H groups in total. The lowest BCUT2D eigenvalue weighted by atomic mass is 9.64. The summed E-state index contributed by atoms with van der Waals surface area (Å²) in [5, 5.41) is 21.4. The number of hydrogen-bond acceptors (Lipinski definition) is 4. The molecule has 2 aromatic carbocycles. The van der Waals surface area contributed by atoms with Gasteiger partial charge < -0.3 is 19.7 Å². The highest BCUT2D eigenvalue weighted by Gasteiger charge is 2.43. The van der Waals surface area contributed by atoms with Crippen LogP contribution in [0.1, 0.15) is 69.2 Å². The number of allylic oxidation sites excluding steroid dienone is 2. The average Bonchev–Trinajstić information content (AvgIpc) is 2.80. The number of phenols is 2. The third-order valence-corrected chi connectivity index (χ3v) is 7.34. The molecule has 0 spiro atoms. The van der Waals surface area contributed by atoms with E-state index in [1.807, 2.05) is 38.1 Å². The number of rotatable bonds is 6. The average molecular weight is 473 g/mol. The molecule has 2 atom stereocenters. The standard InChI is InChI=1S/C31H36O4/c1-6-14-34-29-18-22(16-26(32)24(29)12-9-20(2)3)11-10-21-15-23-19-25-28(8-7-13-31(25,4)5)35-30(23)27(33)17-21/h1,9-11,15-18,25,28,32-33H,7-8,12-14,19H2,2-5H3/b11-10+. The molecule has 1 saturated carbocycles. The zero-order valence-electron chi connectivity index (χ0n) is 21.2. The number of hydrogen-bond donors (Lipinski definition) is 2. The van der Waals surface area contributed by atoms with E-state index in [1.54, 1.807) is 12.1 Å². The molecule has 1 fully saturated rings. The van der Waals surface area contributed by atoms with Crippen molar-refractivity contribution in [3.05, 3.63) is 58.2 Å². The van der Waals surface area contributed by atoms with E-state index in [0.717, 1.165) is 41.5 Å². The van der Waals surface area contributed by atoms with Gasteiger partial charge in [-0.15, -0.1) is 6.42 Å². The van der Waals surface area contributed by atoms with Crippen molar-refractivity contribution >= 4 is 12.2 Å². The van der Waals surface area contributed by atoms with Crippen molar-refractivity contribution in [2.45, 2.75) is 65.9 Å². The number of ether oxygens (including phenoxy) is 2. The van der Waals surface area contributed by atoms with Gasteiger partial charge in [0, 0.05) is 11.5 Å². The first-order valence-electron chi connectivity index (χ1n) is 12.4. The summed E-state index contributed by atoms with van der Waals surface area (Å²) in [6.07, 6.45) is 16.3. The van der Waals surface area contributed by atoms with Gasteiger partial charge in [-0.3, -0.25) is 0 Å². The fourth-order valence-electron chi connectivity index (χ4n) is 5.37. The van der Waals surface area contributed by atoms with Crippen LogP contribution in [0.4, 0.5) is 0 Å². The second kappa shape index (κ2) is 10.1. The second-order valence-electron chi connectivity index (χ2n) is 10.7. The molecule has 0 bridgehead atoms. The smallest absolute Gasteiger partial charge is 0.164 e. The Morgan fingerprint density at radius 1 is 1.14 bits per heavy atom. The van der Waals surface area contributed by atoms with Gasteiger partial charge in [0.05, 0.1) is 0 Å². The molecule has 2 aliphatic rings. The monoisotopic (exact) mass is 472 g/mol. The van der Waals surface area contributed by atoms with Crippen molar-refractivity contribution in [2.24, 2.45) is 11.3 Å². The van der Waals surface area contributed by atoms with Crippen molar-refractivity contribution in [2.75, 3.05) is 6.61 Å². The Balaban J connectivity index is 1.62. The lowest BCUT2D eigenvalue weighted by molar-refractivity contribution is -0.00709. The summed E-state index contributed by atoms with van der Waals surface area (Å²) in [6.45, 7) is 8.82. The van der Waals surface area contributed by atoms with E-state index in [9.17, 15) is 10.2 Å². The largest absolute Gasteiger partial charge is 0.507 e. The van der Waals surface area contributed by atoms with Crippen LogP contribution in [-0.2, 0) is 12.8 Å². The molecule has 0 aromatic heterocycles. The summed E-state index contributed by atoms with van der Waals surface area (Å²) >= 11 is 0. The third-order valence-electron chi connectivity index (χ3n) is 7.34. The van der Waals surface area contributed by atoms with E-state index < -0.39 is 0 Å². The van der Waals surface area contributed by atoms with Crippen LogP contribution < -0.4 is 9.47 Å². The van der Waals surface area contributed by atoms with Gasteiger partial charge in [-0.2, -0.15) is 0 Å². The van der Waals surface area contributed by atoms with Gasteiger partial charge in [0.25, 0.3) is 0 Å². The number of terminal acetylenes is 1. The Kier molecular flexibility index (Phi) is 7.17. The Hall–Kier alpha value is -3.32. The topological polar surface area (TPSA) is 58.9 Å². The fraction of sp³-hybridized carbons (Fsp3) is 0.419. The van der Waals surface area contributed by atoms with Crippen molar-refractivity contribution in [3.63, 3.8) is 0 Å². The number of fused-ring (bicyclic) bond motifs is 2. The van der Waals surface area contributed by atoms with Crippen LogP contribution >= 0.6 is 0 Å². The van der Waals surface area contributed by atoms with Gasteiger partial charge in [-0.05, 0) is 92.3 Å². The maximum absolute atomic E-state index is 10.7. The minimum absolute atomic E-state index is 0.131. The molecule has 4 rings (SSSR count). The van der Waals surface area contributed by atoms with E-state index in [4.69, 9.17) is 15.9 Å². The van der Waals surface area contributed by atoms with Gasteiger partial charge >= 0.3 is 0 Å². The first-order chi connectivity index (χ1) is 16.7. The highest BCUT2D eigenvalue weighted by molar-refractivity contribution is 5.73. The minimum atomic E-state index is 0.131. The normalized spacial score (nSPS) is 20.3. The first-order valence-corrected chi connectivity index (χ1v) is 12.4. The van der Waals surface area contributed by atoms with Crippen molar-refractivity contribution in [3.8, 4) is 35.3 Å². The molecule has 1 aliphatic carbocycles. The van der Waals surface area contributed by atoms with Crippen LogP contribution in [0.5, 0.6) is 23.0 Å². The van der Waals surface area contributed by atoms with Crippen LogP contribution in [0.15, 0.2) is 35.9 Å². The van der Waals surface area contributed by atoms with E-state index in [-0.39, 0.29) is 29.6 Å². The molecule has 4 heteroatoms. The van der Waals surface area contributed by atoms with Crippen molar-refractivity contribution in [1.82, 2.24) is 0 Å². The maximum Gasteiger partial charge on any atom is 0.164 e. The van der Waals surface area contributed by atoms with Gasteiger partial charge in [-0.25, -0.2) is 0 Å². The van der Waals surface area contributed by atoms with Crippen LogP contribution in [0.3, 0.4) is 0 Å². The molecule has 4 nitrogen and oxygen atoms in total. The first kappa shape index (κ1) is 24.8. The predicted octanol–water partition coefficient (Wildman–Crippen LogP) is 6.92. The molecular weight excluding hydrogens is 436 g/mol. The number of benzene rings is 2. The Labute approximate surface area is 209 Å². The minimum Gasteiger partial charge on any atom is -0.507 e. The third kappa shape index (κ3) is 5.51. The van der Waals surface area contributed by atoms with Gasteiger partial charge in [0.1, 0.15) is 24.2 Å². The lowest BCUT2D eigenvalue weighted by Gasteiger charge is -2.46. The summed E-state index contributed by atoms with van der Waals surface area (Å²) in [7, 11) is 0.